The summed E-state index contributed by atoms with van der Waals surface area (Å²) in [6, 6.07) is 17.3. The molecular formula is C33H38N4O4S. The number of nitrogens with zero attached hydrogens (tertiary/aromatic N) is 2. The number of nitrogens with one attached hydrogen (secondary N) is 2. The fourth-order valence-electron chi connectivity index (χ4n) is 7.98. The molecule has 1 saturated heterocycles. The summed E-state index contributed by atoms with van der Waals surface area (Å²) in [7, 11) is 0. The van der Waals surface area contributed by atoms with Gasteiger partial charge in [-0.2, -0.15) is 0 Å². The Bertz CT molecular complexity index is 1350. The number of anilines is 1. The standard InChI is InChI=1S/C33H38N4O4S/c38-19-21-5-7-25(8-6-21)29-15-28(20-42-32-34-9-2-10-35-32)40-30(41-29)26-3-1-4-27(14-26)36-31(39)37-33-16-22-11-23(17-33)13-24(12-22)18-33/h1-10,14,22-24,28-30,38H,11-13,15-20H2,(H2,36,37,39)/t22?,23?,24?,28-,29+,30+,33?/m1/s1. The second-order valence-electron chi connectivity index (χ2n) is 12.6. The van der Waals surface area contributed by atoms with Gasteiger partial charge in [0.2, 0.25) is 0 Å². The molecule has 3 N–H and O–H groups in total. The lowest BCUT2D eigenvalue weighted by Gasteiger charge is -2.56. The number of amides is 2. The molecule has 1 aliphatic heterocycles. The summed E-state index contributed by atoms with van der Waals surface area (Å²) in [4.78, 5) is 21.9. The third kappa shape index (κ3) is 6.20. The quantitative estimate of drug-likeness (QED) is 0.207. The van der Waals surface area contributed by atoms with Crippen LogP contribution in [-0.4, -0.2) is 38.5 Å². The maximum atomic E-state index is 13.2. The maximum absolute atomic E-state index is 13.2. The molecule has 0 spiro atoms. The molecule has 2 heterocycles. The van der Waals surface area contributed by atoms with Gasteiger partial charge in [0.1, 0.15) is 0 Å². The van der Waals surface area contributed by atoms with Crippen LogP contribution in [0.1, 0.15) is 74.0 Å². The predicted molar refractivity (Wildman–Crippen MR) is 161 cm³/mol. The first-order chi connectivity index (χ1) is 20.5. The van der Waals surface area contributed by atoms with Crippen molar-refractivity contribution in [2.24, 2.45) is 17.8 Å². The van der Waals surface area contributed by atoms with Gasteiger partial charge in [-0.1, -0.05) is 48.2 Å². The second kappa shape index (κ2) is 12.0. The Labute approximate surface area is 251 Å². The van der Waals surface area contributed by atoms with Crippen molar-refractivity contribution in [3.63, 3.8) is 0 Å². The molecule has 1 aromatic heterocycles. The topological polar surface area (TPSA) is 106 Å². The van der Waals surface area contributed by atoms with Gasteiger partial charge in [0.15, 0.2) is 11.4 Å². The summed E-state index contributed by atoms with van der Waals surface area (Å²) < 4.78 is 13.0. The van der Waals surface area contributed by atoms with Crippen LogP contribution < -0.4 is 10.6 Å². The number of thioether (sulfide) groups is 1. The molecular weight excluding hydrogens is 548 g/mol. The normalized spacial score (nSPS) is 31.5. The first-order valence-corrected chi connectivity index (χ1v) is 16.1. The number of hydrogen-bond donors (Lipinski definition) is 3. The minimum Gasteiger partial charge on any atom is -0.392 e. The predicted octanol–water partition coefficient (Wildman–Crippen LogP) is 6.40. The van der Waals surface area contributed by atoms with Crippen LogP contribution in [0.15, 0.2) is 72.1 Å². The van der Waals surface area contributed by atoms with Crippen LogP contribution in [0, 0.1) is 17.8 Å². The van der Waals surface area contributed by atoms with Crippen LogP contribution in [0.5, 0.6) is 0 Å². The summed E-state index contributed by atoms with van der Waals surface area (Å²) in [5, 5.41) is 16.7. The summed E-state index contributed by atoms with van der Waals surface area (Å²) in [6.45, 7) is 0.00408. The van der Waals surface area contributed by atoms with E-state index in [1.807, 2.05) is 54.6 Å². The highest BCUT2D eigenvalue weighted by Crippen LogP contribution is 2.55. The first-order valence-electron chi connectivity index (χ1n) is 15.1. The number of urea groups is 1. The summed E-state index contributed by atoms with van der Waals surface area (Å²) in [5.74, 6) is 2.99. The zero-order valence-corrected chi connectivity index (χ0v) is 24.5. The average Bonchev–Trinajstić information content (AvgIpc) is 2.99. The zero-order valence-electron chi connectivity index (χ0n) is 23.7. The van der Waals surface area contributed by atoms with Crippen LogP contribution in [0.4, 0.5) is 10.5 Å². The van der Waals surface area contributed by atoms with E-state index in [1.54, 1.807) is 24.2 Å². The molecule has 9 heteroatoms. The van der Waals surface area contributed by atoms with Crippen LogP contribution in [0.2, 0.25) is 0 Å². The van der Waals surface area contributed by atoms with Crippen molar-refractivity contribution < 1.29 is 19.4 Å². The lowest BCUT2D eigenvalue weighted by molar-refractivity contribution is -0.245. The maximum Gasteiger partial charge on any atom is 0.319 e. The Morgan fingerprint density at radius 1 is 0.905 bits per heavy atom. The van der Waals surface area contributed by atoms with Gasteiger partial charge in [0, 0.05) is 41.4 Å². The van der Waals surface area contributed by atoms with Crippen molar-refractivity contribution >= 4 is 23.5 Å². The highest BCUT2D eigenvalue weighted by atomic mass is 32.2. The van der Waals surface area contributed by atoms with E-state index < -0.39 is 6.29 Å². The van der Waals surface area contributed by atoms with E-state index in [1.165, 1.54) is 19.3 Å². The van der Waals surface area contributed by atoms with Gasteiger partial charge in [-0.05, 0) is 85.6 Å². The number of carbonyl (C=O) groups is 1. The first kappa shape index (κ1) is 27.8. The van der Waals surface area contributed by atoms with E-state index in [4.69, 9.17) is 9.47 Å². The summed E-state index contributed by atoms with van der Waals surface area (Å²) >= 11 is 1.56. The highest BCUT2D eigenvalue weighted by Gasteiger charge is 2.51. The number of aromatic nitrogens is 2. The molecule has 2 amide bonds. The van der Waals surface area contributed by atoms with Crippen molar-refractivity contribution in [2.45, 2.75) is 80.7 Å². The van der Waals surface area contributed by atoms with Gasteiger partial charge in [-0.25, -0.2) is 14.8 Å². The highest BCUT2D eigenvalue weighted by molar-refractivity contribution is 7.99. The molecule has 42 heavy (non-hydrogen) atoms. The van der Waals surface area contributed by atoms with Gasteiger partial charge < -0.3 is 25.2 Å². The Morgan fingerprint density at radius 2 is 1.62 bits per heavy atom. The van der Waals surface area contributed by atoms with Crippen molar-refractivity contribution in [2.75, 3.05) is 11.1 Å². The molecule has 4 bridgehead atoms. The fourth-order valence-corrected chi connectivity index (χ4v) is 8.80. The van der Waals surface area contributed by atoms with Gasteiger partial charge in [0.05, 0.1) is 18.8 Å². The molecule has 5 fully saturated rings. The third-order valence-corrected chi connectivity index (χ3v) is 10.4. The Balaban J connectivity index is 1.05. The molecule has 0 unspecified atom stereocenters. The van der Waals surface area contributed by atoms with E-state index in [-0.39, 0.29) is 30.4 Å². The van der Waals surface area contributed by atoms with Crippen LogP contribution in [0.25, 0.3) is 0 Å². The molecule has 5 aliphatic rings. The van der Waals surface area contributed by atoms with Gasteiger partial charge in [0.25, 0.3) is 0 Å². The lowest BCUT2D eigenvalue weighted by Crippen LogP contribution is -2.60. The van der Waals surface area contributed by atoms with Gasteiger partial charge >= 0.3 is 6.03 Å². The van der Waals surface area contributed by atoms with Gasteiger partial charge in [-0.15, -0.1) is 0 Å². The van der Waals surface area contributed by atoms with Crippen molar-refractivity contribution in [3.05, 3.63) is 83.7 Å². The van der Waals surface area contributed by atoms with Crippen molar-refractivity contribution in [1.82, 2.24) is 15.3 Å². The minimum atomic E-state index is -0.600. The van der Waals surface area contributed by atoms with E-state index in [2.05, 4.69) is 20.6 Å². The monoisotopic (exact) mass is 586 g/mol. The Morgan fingerprint density at radius 3 is 2.31 bits per heavy atom. The average molecular weight is 587 g/mol. The Hall–Kier alpha value is -2.98. The minimum absolute atomic E-state index is 0.00408. The SMILES string of the molecule is O=C(Nc1cccc([C@H]2O[C@@H](CSc3ncccn3)C[C@@H](c3ccc(CO)cc3)O2)c1)NC12CC3CC(CC(C3)C1)C2. The van der Waals surface area contributed by atoms with Crippen LogP contribution >= 0.6 is 11.8 Å². The van der Waals surface area contributed by atoms with E-state index in [0.717, 1.165) is 59.4 Å². The van der Waals surface area contributed by atoms with Crippen molar-refractivity contribution in [3.8, 4) is 0 Å². The molecule has 3 aromatic rings. The molecule has 0 radical (unpaired) electrons. The van der Waals surface area contributed by atoms with Crippen LogP contribution in [0.3, 0.4) is 0 Å². The molecule has 8 rings (SSSR count). The molecule has 2 aromatic carbocycles. The number of ether oxygens (including phenoxy) is 2. The van der Waals surface area contributed by atoms with Gasteiger partial charge in [-0.3, -0.25) is 0 Å². The van der Waals surface area contributed by atoms with Crippen LogP contribution in [-0.2, 0) is 16.1 Å². The van der Waals surface area contributed by atoms with E-state index in [0.29, 0.717) is 17.3 Å². The molecule has 8 nitrogen and oxygen atoms in total. The molecule has 4 aliphatic carbocycles. The number of benzene rings is 2. The number of hydrogen-bond acceptors (Lipinski definition) is 7. The van der Waals surface area contributed by atoms with Crippen molar-refractivity contribution in [1.29, 1.82) is 0 Å². The molecule has 3 atom stereocenters. The summed E-state index contributed by atoms with van der Waals surface area (Å²) in [5.41, 5.74) is 3.43. The number of rotatable bonds is 8. The molecule has 220 valence electrons. The zero-order chi connectivity index (χ0) is 28.5. The largest absolute Gasteiger partial charge is 0.392 e. The second-order valence-corrected chi connectivity index (χ2v) is 13.6. The number of aliphatic hydroxyl groups is 1. The Kier molecular flexibility index (Phi) is 7.92. The number of carbonyl (C=O) groups excluding carboxylic acids is 1. The summed E-state index contributed by atoms with van der Waals surface area (Å²) in [6.07, 6.45) is 10.7. The fraction of sp³-hybridized carbons (Fsp3) is 0.485. The smallest absolute Gasteiger partial charge is 0.319 e. The molecule has 4 saturated carbocycles. The third-order valence-electron chi connectivity index (χ3n) is 9.39. The van der Waals surface area contributed by atoms with E-state index >= 15 is 0 Å². The van der Waals surface area contributed by atoms with E-state index in [9.17, 15) is 9.90 Å². The lowest BCUT2D eigenvalue weighted by atomic mass is 9.53. The number of aliphatic hydroxyl groups excluding tert-OH is 1.